The topological polar surface area (TPSA) is 155 Å². The average molecular weight is 721 g/mol. The summed E-state index contributed by atoms with van der Waals surface area (Å²) in [4.78, 5) is 52.8. The van der Waals surface area contributed by atoms with Crippen molar-refractivity contribution < 1.29 is 19.1 Å². The Bertz CT molecular complexity index is 1930. The summed E-state index contributed by atoms with van der Waals surface area (Å²) in [6.45, 7) is 3.13. The minimum absolute atomic E-state index is 0.0113. The van der Waals surface area contributed by atoms with Crippen molar-refractivity contribution in [2.24, 2.45) is 7.05 Å². The van der Waals surface area contributed by atoms with Gasteiger partial charge in [0.1, 0.15) is 0 Å². The number of halogens is 2. The van der Waals surface area contributed by atoms with E-state index in [0.29, 0.717) is 78.1 Å². The molecule has 0 saturated carbocycles. The summed E-state index contributed by atoms with van der Waals surface area (Å²) in [7, 11) is 5.02. The monoisotopic (exact) mass is 719 g/mol. The van der Waals surface area contributed by atoms with E-state index < -0.39 is 5.91 Å². The van der Waals surface area contributed by atoms with Gasteiger partial charge in [-0.25, -0.2) is 9.97 Å². The SMILES string of the molecule is CNC(=O)CCN1CCc2c(nc(C(=O)Nc3cccc(-c4nccc(-c5ccc(CNC[C@H]6CCC(=O)N6)c(OC)n5)c4Cl)c3Cl)n2C)C1. The molecule has 0 unspecified atom stereocenters. The summed E-state index contributed by atoms with van der Waals surface area (Å²) in [6, 6.07) is 11.0. The van der Waals surface area contributed by atoms with Crippen molar-refractivity contribution in [3.8, 4) is 28.4 Å². The van der Waals surface area contributed by atoms with Crippen LogP contribution in [0.3, 0.4) is 0 Å². The third-order valence-corrected chi connectivity index (χ3v) is 9.85. The van der Waals surface area contributed by atoms with Gasteiger partial charge in [-0.2, -0.15) is 0 Å². The summed E-state index contributed by atoms with van der Waals surface area (Å²) in [6.07, 6.45) is 4.13. The van der Waals surface area contributed by atoms with Crippen molar-refractivity contribution >= 4 is 46.6 Å². The van der Waals surface area contributed by atoms with Gasteiger partial charge in [0.25, 0.3) is 5.91 Å². The molecule has 0 spiro atoms. The van der Waals surface area contributed by atoms with E-state index >= 15 is 0 Å². The number of nitrogens with zero attached hydrogens (tertiary/aromatic N) is 5. The van der Waals surface area contributed by atoms with E-state index in [9.17, 15) is 14.4 Å². The van der Waals surface area contributed by atoms with Crippen LogP contribution in [0.25, 0.3) is 22.5 Å². The van der Waals surface area contributed by atoms with Crippen molar-refractivity contribution in [3.63, 3.8) is 0 Å². The fraction of sp³-hybridized carbons (Fsp3) is 0.371. The highest BCUT2D eigenvalue weighted by Crippen LogP contribution is 2.40. The summed E-state index contributed by atoms with van der Waals surface area (Å²) in [5.41, 5.74) is 5.26. The van der Waals surface area contributed by atoms with Crippen molar-refractivity contribution in [2.75, 3.05) is 39.1 Å². The smallest absolute Gasteiger partial charge is 0.291 e. The van der Waals surface area contributed by atoms with Gasteiger partial charge < -0.3 is 30.6 Å². The molecule has 1 atom stereocenters. The second kappa shape index (κ2) is 15.5. The molecule has 0 bridgehead atoms. The molecule has 2 aliphatic rings. The molecule has 13 nitrogen and oxygen atoms in total. The minimum Gasteiger partial charge on any atom is -0.481 e. The Kier molecular flexibility index (Phi) is 11.0. The average Bonchev–Trinajstić information content (AvgIpc) is 3.69. The quantitative estimate of drug-likeness (QED) is 0.170. The summed E-state index contributed by atoms with van der Waals surface area (Å²) in [5.74, 6) is 0.397. The number of carbonyl (C=O) groups excluding carboxylic acids is 3. The number of amides is 3. The molecular weight excluding hydrogens is 681 g/mol. The lowest BCUT2D eigenvalue weighted by Crippen LogP contribution is -2.35. The molecule has 15 heteroatoms. The first kappa shape index (κ1) is 35.3. The number of imidazole rings is 1. The highest BCUT2D eigenvalue weighted by molar-refractivity contribution is 6.39. The van der Waals surface area contributed by atoms with Crippen molar-refractivity contribution in [1.29, 1.82) is 0 Å². The van der Waals surface area contributed by atoms with E-state index in [0.717, 1.165) is 36.3 Å². The van der Waals surface area contributed by atoms with E-state index in [2.05, 4.69) is 36.1 Å². The number of nitrogens with one attached hydrogen (secondary N) is 4. The Morgan fingerprint density at radius 1 is 1.08 bits per heavy atom. The summed E-state index contributed by atoms with van der Waals surface area (Å²) >= 11 is 13.9. The first-order valence-corrected chi connectivity index (χ1v) is 17.2. The Labute approximate surface area is 300 Å². The molecule has 3 aromatic heterocycles. The second-order valence-electron chi connectivity index (χ2n) is 12.3. The number of methoxy groups -OCH3 is 1. The highest BCUT2D eigenvalue weighted by Gasteiger charge is 2.27. The van der Waals surface area contributed by atoms with E-state index in [1.54, 1.807) is 44.6 Å². The normalized spacial score (nSPS) is 15.8. The number of benzene rings is 1. The lowest BCUT2D eigenvalue weighted by atomic mass is 10.1. The molecule has 4 aromatic rings. The van der Waals surface area contributed by atoms with Crippen LogP contribution in [0.2, 0.25) is 10.0 Å². The molecule has 1 saturated heterocycles. The standard InChI is InChI=1S/C35H39Cl2N9O4/c1-38-28(47)13-16-46-15-12-27-26(19-46)42-33(45(27)2)34(49)43-25-6-4-5-23(30(25)36)32-31(37)22(11-14-40-32)24-9-7-20(35(44-24)50-3)17-39-18-21-8-10-29(48)41-21/h4-7,9,11,14,21,39H,8,10,12-13,15-19H2,1-3H3,(H,38,47)(H,41,48)(H,43,49)/t21-/m1/s1. The predicted molar refractivity (Wildman–Crippen MR) is 191 cm³/mol. The van der Waals surface area contributed by atoms with E-state index in [1.807, 2.05) is 23.7 Å². The molecule has 1 fully saturated rings. The number of ether oxygens (including phenoxy) is 1. The van der Waals surface area contributed by atoms with E-state index in [-0.39, 0.29) is 28.7 Å². The molecular formula is C35H39Cl2N9O4. The van der Waals surface area contributed by atoms with Gasteiger partial charge in [0, 0.05) is 101 Å². The van der Waals surface area contributed by atoms with Gasteiger partial charge in [-0.15, -0.1) is 0 Å². The molecule has 1 aromatic carbocycles. The number of rotatable bonds is 12. The fourth-order valence-corrected chi connectivity index (χ4v) is 6.90. The van der Waals surface area contributed by atoms with Crippen LogP contribution in [0.4, 0.5) is 5.69 Å². The summed E-state index contributed by atoms with van der Waals surface area (Å²) in [5, 5.41) is 12.5. The third-order valence-electron chi connectivity index (χ3n) is 9.06. The second-order valence-corrected chi connectivity index (χ2v) is 13.0. The highest BCUT2D eigenvalue weighted by atomic mass is 35.5. The van der Waals surface area contributed by atoms with Crippen LogP contribution in [-0.2, 0) is 36.1 Å². The van der Waals surface area contributed by atoms with Crippen molar-refractivity contribution in [1.82, 2.24) is 40.4 Å². The Balaban J connectivity index is 1.18. The molecule has 0 aliphatic carbocycles. The minimum atomic E-state index is -0.399. The number of fused-ring (bicyclic) bond motifs is 1. The third kappa shape index (κ3) is 7.60. The van der Waals surface area contributed by atoms with E-state index in [1.165, 1.54) is 0 Å². The van der Waals surface area contributed by atoms with Crippen LogP contribution < -0.4 is 26.0 Å². The number of hydrogen-bond acceptors (Lipinski definition) is 9. The van der Waals surface area contributed by atoms with Gasteiger partial charge in [-0.1, -0.05) is 41.4 Å². The van der Waals surface area contributed by atoms with Gasteiger partial charge in [0.2, 0.25) is 17.7 Å². The van der Waals surface area contributed by atoms with Gasteiger partial charge in [-0.3, -0.25) is 24.3 Å². The lowest BCUT2D eigenvalue weighted by Gasteiger charge is -2.26. The van der Waals surface area contributed by atoms with Gasteiger partial charge in [0.05, 0.1) is 39.9 Å². The molecule has 2 aliphatic heterocycles. The zero-order chi connectivity index (χ0) is 35.4. The van der Waals surface area contributed by atoms with Crippen LogP contribution in [0.1, 0.15) is 46.8 Å². The molecule has 3 amide bonds. The molecule has 262 valence electrons. The largest absolute Gasteiger partial charge is 0.481 e. The molecule has 50 heavy (non-hydrogen) atoms. The number of anilines is 1. The molecule has 6 rings (SSSR count). The van der Waals surface area contributed by atoms with Gasteiger partial charge in [-0.05, 0) is 24.6 Å². The fourth-order valence-electron chi connectivity index (χ4n) is 6.32. The van der Waals surface area contributed by atoms with Gasteiger partial charge in [0.15, 0.2) is 5.82 Å². The Morgan fingerprint density at radius 2 is 1.92 bits per heavy atom. The van der Waals surface area contributed by atoms with Crippen molar-refractivity contribution in [2.45, 2.75) is 44.8 Å². The molecule has 4 N–H and O–H groups in total. The number of hydrogen-bond donors (Lipinski definition) is 4. The summed E-state index contributed by atoms with van der Waals surface area (Å²) < 4.78 is 7.43. The van der Waals surface area contributed by atoms with Gasteiger partial charge >= 0.3 is 0 Å². The van der Waals surface area contributed by atoms with E-state index in [4.69, 9.17) is 32.9 Å². The molecule has 0 radical (unpaired) electrons. The Morgan fingerprint density at radius 3 is 2.68 bits per heavy atom. The predicted octanol–water partition coefficient (Wildman–Crippen LogP) is 3.97. The number of carbonyl (C=O) groups is 3. The van der Waals surface area contributed by atoms with Crippen molar-refractivity contribution in [3.05, 3.63) is 75.4 Å². The van der Waals surface area contributed by atoms with Crippen LogP contribution in [0.5, 0.6) is 5.88 Å². The maximum Gasteiger partial charge on any atom is 0.291 e. The lowest BCUT2D eigenvalue weighted by molar-refractivity contribution is -0.121. The molecule has 5 heterocycles. The Hall–Kier alpha value is -4.56. The maximum atomic E-state index is 13.5. The number of aromatic nitrogens is 4. The van der Waals surface area contributed by atoms with Crippen LogP contribution in [0, 0.1) is 0 Å². The number of pyridine rings is 2. The zero-order valence-electron chi connectivity index (χ0n) is 28.1. The zero-order valence-corrected chi connectivity index (χ0v) is 29.6. The first-order chi connectivity index (χ1) is 24.2. The van der Waals surface area contributed by atoms with Crippen LogP contribution in [-0.4, -0.2) is 82.0 Å². The maximum absolute atomic E-state index is 13.5. The van der Waals surface area contributed by atoms with Crippen LogP contribution >= 0.6 is 23.2 Å². The first-order valence-electron chi connectivity index (χ1n) is 16.4. The van der Waals surface area contributed by atoms with Crippen LogP contribution in [0.15, 0.2) is 42.6 Å².